The number of hydrogen-bond donors (Lipinski definition) is 2. The van der Waals surface area contributed by atoms with Crippen molar-refractivity contribution in [2.75, 3.05) is 40.4 Å². The molecule has 0 unspecified atom stereocenters. The number of para-hydroxylation sites is 1. The van der Waals surface area contributed by atoms with E-state index in [1.165, 1.54) is 0 Å². The van der Waals surface area contributed by atoms with Crippen LogP contribution in [-0.4, -0.2) is 57.2 Å². The number of aliphatic imine (C=N–C) groups is 1. The van der Waals surface area contributed by atoms with E-state index in [9.17, 15) is 4.79 Å². The van der Waals surface area contributed by atoms with Gasteiger partial charge in [0.15, 0.2) is 17.5 Å². The van der Waals surface area contributed by atoms with E-state index in [0.717, 1.165) is 23.5 Å². The molecular weight excluding hydrogens is 308 g/mol. The fraction of sp³-hybridized carbons (Fsp3) is 0.529. The largest absolute Gasteiger partial charge is 0.490 e. The molecule has 7 nitrogen and oxygen atoms in total. The van der Waals surface area contributed by atoms with Crippen LogP contribution in [0.25, 0.3) is 0 Å². The summed E-state index contributed by atoms with van der Waals surface area (Å²) in [5.41, 5.74) is 0.963. The number of likely N-dealkylation sites (N-methyl/N-ethyl adjacent to an activating group) is 1. The Hall–Kier alpha value is -2.44. The Labute approximate surface area is 143 Å². The van der Waals surface area contributed by atoms with Crippen LogP contribution in [0.1, 0.15) is 18.9 Å². The molecule has 132 valence electrons. The molecule has 2 rings (SSSR count). The van der Waals surface area contributed by atoms with Crippen molar-refractivity contribution < 1.29 is 14.3 Å². The van der Waals surface area contributed by atoms with Crippen LogP contribution in [0.15, 0.2) is 23.2 Å². The molecule has 0 spiro atoms. The second kappa shape index (κ2) is 9.00. The van der Waals surface area contributed by atoms with Crippen LogP contribution >= 0.6 is 0 Å². The second-order valence-corrected chi connectivity index (χ2v) is 5.63. The minimum Gasteiger partial charge on any atom is -0.490 e. The molecule has 0 saturated carbocycles. The number of carbonyl (C=O) groups excluding carboxylic acids is 1. The zero-order chi connectivity index (χ0) is 17.4. The summed E-state index contributed by atoms with van der Waals surface area (Å²) < 4.78 is 11.5. The molecule has 0 aromatic heterocycles. The Kier molecular flexibility index (Phi) is 6.72. The van der Waals surface area contributed by atoms with Gasteiger partial charge in [-0.15, -0.1) is 0 Å². The number of nitrogens with one attached hydrogen (secondary N) is 2. The minimum atomic E-state index is -0.00841. The third-order valence-corrected chi connectivity index (χ3v) is 3.51. The predicted octanol–water partition coefficient (Wildman–Crippen LogP) is 0.991. The van der Waals surface area contributed by atoms with E-state index < -0.39 is 0 Å². The van der Waals surface area contributed by atoms with Crippen LogP contribution in [0.4, 0.5) is 0 Å². The van der Waals surface area contributed by atoms with Crippen LogP contribution in [0, 0.1) is 0 Å². The number of carbonyl (C=O) groups is 1. The van der Waals surface area contributed by atoms with Gasteiger partial charge >= 0.3 is 0 Å². The van der Waals surface area contributed by atoms with E-state index in [1.54, 1.807) is 19.0 Å². The highest BCUT2D eigenvalue weighted by atomic mass is 16.5. The molecule has 1 aliphatic heterocycles. The highest BCUT2D eigenvalue weighted by molar-refractivity contribution is 5.86. The molecule has 1 amide bonds. The van der Waals surface area contributed by atoms with Crippen LogP contribution in [0.2, 0.25) is 0 Å². The lowest BCUT2D eigenvalue weighted by Gasteiger charge is -2.15. The Morgan fingerprint density at radius 3 is 2.79 bits per heavy atom. The van der Waals surface area contributed by atoms with Crippen LogP contribution in [0.3, 0.4) is 0 Å². The van der Waals surface area contributed by atoms with E-state index >= 15 is 0 Å². The SMILES string of the molecule is CCNC(=NCc1cccc2c1OCCCO2)NCC(=O)N(C)C. The molecule has 0 bridgehead atoms. The number of ether oxygens (including phenoxy) is 2. The number of amides is 1. The molecule has 0 saturated heterocycles. The summed E-state index contributed by atoms with van der Waals surface area (Å²) in [6, 6.07) is 5.83. The zero-order valence-electron chi connectivity index (χ0n) is 14.6. The molecule has 0 atom stereocenters. The lowest BCUT2D eigenvalue weighted by molar-refractivity contribution is -0.127. The van der Waals surface area contributed by atoms with Crippen molar-refractivity contribution in [2.45, 2.75) is 19.9 Å². The number of guanidine groups is 1. The van der Waals surface area contributed by atoms with Crippen molar-refractivity contribution in [2.24, 2.45) is 4.99 Å². The molecule has 1 heterocycles. The monoisotopic (exact) mass is 334 g/mol. The van der Waals surface area contributed by atoms with Gasteiger partial charge in [-0.1, -0.05) is 12.1 Å². The van der Waals surface area contributed by atoms with E-state index in [2.05, 4.69) is 15.6 Å². The van der Waals surface area contributed by atoms with Crippen molar-refractivity contribution in [1.29, 1.82) is 0 Å². The van der Waals surface area contributed by atoms with Gasteiger partial charge in [0.25, 0.3) is 0 Å². The van der Waals surface area contributed by atoms with Gasteiger partial charge in [0.1, 0.15) is 0 Å². The standard InChI is InChI=1S/C17H26N4O3/c1-4-18-17(20-12-15(22)21(2)3)19-11-13-7-5-8-14-16(13)24-10-6-9-23-14/h5,7-8H,4,6,9-12H2,1-3H3,(H2,18,19,20). The first-order chi connectivity index (χ1) is 11.6. The summed E-state index contributed by atoms with van der Waals surface area (Å²) in [5, 5.41) is 6.18. The summed E-state index contributed by atoms with van der Waals surface area (Å²) in [6.45, 7) is 4.65. The van der Waals surface area contributed by atoms with Gasteiger partial charge in [-0.3, -0.25) is 4.79 Å². The molecule has 24 heavy (non-hydrogen) atoms. The maximum atomic E-state index is 11.7. The molecule has 2 N–H and O–H groups in total. The van der Waals surface area contributed by atoms with Gasteiger partial charge < -0.3 is 25.0 Å². The highest BCUT2D eigenvalue weighted by Crippen LogP contribution is 2.33. The van der Waals surface area contributed by atoms with Crippen molar-refractivity contribution in [3.8, 4) is 11.5 Å². The fourth-order valence-electron chi connectivity index (χ4n) is 2.20. The second-order valence-electron chi connectivity index (χ2n) is 5.63. The summed E-state index contributed by atoms with van der Waals surface area (Å²) in [5.74, 6) is 2.12. The molecular formula is C17H26N4O3. The van der Waals surface area contributed by atoms with Crippen molar-refractivity contribution in [3.63, 3.8) is 0 Å². The average molecular weight is 334 g/mol. The van der Waals surface area contributed by atoms with Crippen molar-refractivity contribution in [3.05, 3.63) is 23.8 Å². The summed E-state index contributed by atoms with van der Waals surface area (Å²) in [6.07, 6.45) is 0.869. The molecule has 0 aliphatic carbocycles. The third-order valence-electron chi connectivity index (χ3n) is 3.51. The first-order valence-corrected chi connectivity index (χ1v) is 8.21. The molecule has 1 aromatic carbocycles. The van der Waals surface area contributed by atoms with Gasteiger partial charge in [0, 0.05) is 32.6 Å². The Morgan fingerprint density at radius 1 is 1.25 bits per heavy atom. The van der Waals surface area contributed by atoms with Gasteiger partial charge in [0.05, 0.1) is 26.3 Å². The Bertz CT molecular complexity index is 587. The van der Waals surface area contributed by atoms with E-state index in [1.807, 2.05) is 25.1 Å². The normalized spacial score (nSPS) is 13.9. The summed E-state index contributed by atoms with van der Waals surface area (Å²) >= 11 is 0. The fourth-order valence-corrected chi connectivity index (χ4v) is 2.20. The first-order valence-electron chi connectivity index (χ1n) is 8.21. The predicted molar refractivity (Wildman–Crippen MR) is 93.6 cm³/mol. The number of benzene rings is 1. The first kappa shape index (κ1) is 17.9. The van der Waals surface area contributed by atoms with E-state index in [-0.39, 0.29) is 12.5 Å². The van der Waals surface area contributed by atoms with Gasteiger partial charge in [-0.25, -0.2) is 4.99 Å². The quantitative estimate of drug-likeness (QED) is 0.620. The highest BCUT2D eigenvalue weighted by Gasteiger charge is 2.14. The van der Waals surface area contributed by atoms with Crippen LogP contribution in [0.5, 0.6) is 11.5 Å². The van der Waals surface area contributed by atoms with E-state index in [0.29, 0.717) is 32.3 Å². The summed E-state index contributed by atoms with van der Waals surface area (Å²) in [7, 11) is 3.45. The van der Waals surface area contributed by atoms with Gasteiger partial charge in [-0.05, 0) is 13.0 Å². The number of nitrogens with zero attached hydrogens (tertiary/aromatic N) is 2. The lowest BCUT2D eigenvalue weighted by atomic mass is 10.2. The average Bonchev–Trinajstić information content (AvgIpc) is 2.82. The smallest absolute Gasteiger partial charge is 0.241 e. The molecule has 1 aliphatic rings. The third kappa shape index (κ3) is 5.04. The Morgan fingerprint density at radius 2 is 2.04 bits per heavy atom. The Balaban J connectivity index is 2.07. The zero-order valence-corrected chi connectivity index (χ0v) is 14.6. The lowest BCUT2D eigenvalue weighted by Crippen LogP contribution is -2.42. The van der Waals surface area contributed by atoms with Crippen molar-refractivity contribution >= 4 is 11.9 Å². The van der Waals surface area contributed by atoms with Crippen molar-refractivity contribution in [1.82, 2.24) is 15.5 Å². The summed E-state index contributed by atoms with van der Waals surface area (Å²) in [4.78, 5) is 17.8. The number of rotatable bonds is 5. The molecule has 1 aromatic rings. The molecule has 0 radical (unpaired) electrons. The number of hydrogen-bond acceptors (Lipinski definition) is 4. The maximum absolute atomic E-state index is 11.7. The molecule has 0 fully saturated rings. The number of fused-ring (bicyclic) bond motifs is 1. The maximum Gasteiger partial charge on any atom is 0.241 e. The minimum absolute atomic E-state index is 0.00841. The van der Waals surface area contributed by atoms with Gasteiger partial charge in [0.2, 0.25) is 5.91 Å². The van der Waals surface area contributed by atoms with Gasteiger partial charge in [-0.2, -0.15) is 0 Å². The van der Waals surface area contributed by atoms with Crippen LogP contribution in [-0.2, 0) is 11.3 Å². The topological polar surface area (TPSA) is 75.2 Å². The molecule has 7 heteroatoms. The van der Waals surface area contributed by atoms with Crippen LogP contribution < -0.4 is 20.1 Å². The van der Waals surface area contributed by atoms with E-state index in [4.69, 9.17) is 9.47 Å².